The first-order chi connectivity index (χ1) is 9.24. The van der Waals surface area contributed by atoms with Crippen LogP contribution in [0, 0.1) is 3.57 Å². The Morgan fingerprint density at radius 3 is 2.63 bits per heavy atom. The molecule has 4 heteroatoms. The van der Waals surface area contributed by atoms with Crippen LogP contribution in [-0.2, 0) is 0 Å². The van der Waals surface area contributed by atoms with Crippen molar-refractivity contribution in [1.82, 2.24) is 4.98 Å². The fourth-order valence-corrected chi connectivity index (χ4v) is 2.35. The summed E-state index contributed by atoms with van der Waals surface area (Å²) in [6, 6.07) is 15.3. The molecule has 0 bridgehead atoms. The first-order valence-electron chi connectivity index (χ1n) is 5.87. The number of carbonyl (C=O) groups excluding carboxylic acids is 1. The first-order valence-corrected chi connectivity index (χ1v) is 6.95. The molecule has 3 nitrogen and oxygen atoms in total. The van der Waals surface area contributed by atoms with Crippen LogP contribution in [0.2, 0.25) is 0 Å². The van der Waals surface area contributed by atoms with E-state index in [2.05, 4.69) is 32.9 Å². The van der Waals surface area contributed by atoms with Gasteiger partial charge in [-0.25, -0.2) is 0 Å². The van der Waals surface area contributed by atoms with Crippen molar-refractivity contribution in [1.29, 1.82) is 0 Å². The van der Waals surface area contributed by atoms with E-state index in [1.165, 1.54) is 0 Å². The van der Waals surface area contributed by atoms with E-state index in [1.54, 1.807) is 0 Å². The van der Waals surface area contributed by atoms with Gasteiger partial charge in [0, 0.05) is 26.2 Å². The van der Waals surface area contributed by atoms with E-state index in [1.807, 2.05) is 54.7 Å². The highest BCUT2D eigenvalue weighted by Gasteiger charge is 2.08. The molecule has 0 radical (unpaired) electrons. The van der Waals surface area contributed by atoms with Crippen molar-refractivity contribution in [2.75, 3.05) is 5.32 Å². The van der Waals surface area contributed by atoms with Crippen molar-refractivity contribution < 1.29 is 4.79 Å². The van der Waals surface area contributed by atoms with Crippen molar-refractivity contribution in [3.05, 3.63) is 63.9 Å². The highest BCUT2D eigenvalue weighted by atomic mass is 127. The third-order valence-electron chi connectivity index (χ3n) is 2.95. The Bertz CT molecular complexity index is 731. The summed E-state index contributed by atoms with van der Waals surface area (Å²) in [5.41, 5.74) is 2.50. The van der Waals surface area contributed by atoms with E-state index in [0.717, 1.165) is 20.2 Å². The zero-order valence-electron chi connectivity index (χ0n) is 9.98. The largest absolute Gasteiger partial charge is 0.361 e. The molecule has 1 aromatic heterocycles. The average molecular weight is 362 g/mol. The van der Waals surface area contributed by atoms with Crippen LogP contribution in [0.5, 0.6) is 0 Å². The van der Waals surface area contributed by atoms with Crippen LogP contribution >= 0.6 is 22.6 Å². The quantitative estimate of drug-likeness (QED) is 0.665. The van der Waals surface area contributed by atoms with Gasteiger partial charge in [-0.3, -0.25) is 4.79 Å². The fraction of sp³-hybridized carbons (Fsp3) is 0. The van der Waals surface area contributed by atoms with E-state index in [-0.39, 0.29) is 5.91 Å². The van der Waals surface area contributed by atoms with Gasteiger partial charge in [0.1, 0.15) is 0 Å². The highest BCUT2D eigenvalue weighted by molar-refractivity contribution is 14.1. The van der Waals surface area contributed by atoms with E-state index >= 15 is 0 Å². The number of nitrogens with one attached hydrogen (secondary N) is 2. The Morgan fingerprint density at radius 2 is 1.84 bits per heavy atom. The van der Waals surface area contributed by atoms with Gasteiger partial charge < -0.3 is 10.3 Å². The molecule has 0 saturated carbocycles. The molecule has 3 aromatic rings. The first kappa shape index (κ1) is 12.2. The number of anilines is 1. The molecule has 0 atom stereocenters. The van der Waals surface area contributed by atoms with Crippen LogP contribution in [0.4, 0.5) is 5.69 Å². The van der Waals surface area contributed by atoms with Gasteiger partial charge in [-0.05, 0) is 65.1 Å². The molecule has 1 amide bonds. The van der Waals surface area contributed by atoms with Crippen molar-refractivity contribution in [2.45, 2.75) is 0 Å². The minimum Gasteiger partial charge on any atom is -0.361 e. The molecule has 0 unspecified atom stereocenters. The standard InChI is InChI=1S/C15H11IN2O/c16-11-6-4-10(5-7-11)15(19)18-14-3-1-2-13-12(14)8-9-17-13/h1-9,17H,(H,18,19). The minimum absolute atomic E-state index is 0.0925. The molecule has 2 aromatic carbocycles. The van der Waals surface area contributed by atoms with Gasteiger partial charge in [0.15, 0.2) is 0 Å². The summed E-state index contributed by atoms with van der Waals surface area (Å²) in [5.74, 6) is -0.0925. The number of rotatable bonds is 2. The number of hydrogen-bond acceptors (Lipinski definition) is 1. The maximum atomic E-state index is 12.2. The van der Waals surface area contributed by atoms with Gasteiger partial charge in [0.2, 0.25) is 0 Å². The number of amides is 1. The van der Waals surface area contributed by atoms with Gasteiger partial charge >= 0.3 is 0 Å². The van der Waals surface area contributed by atoms with Crippen LogP contribution in [-0.4, -0.2) is 10.9 Å². The number of aromatic nitrogens is 1. The molecule has 19 heavy (non-hydrogen) atoms. The summed E-state index contributed by atoms with van der Waals surface area (Å²) < 4.78 is 1.11. The minimum atomic E-state index is -0.0925. The van der Waals surface area contributed by atoms with Crippen molar-refractivity contribution in [3.8, 4) is 0 Å². The van der Waals surface area contributed by atoms with Gasteiger partial charge in [0.05, 0.1) is 5.69 Å². The zero-order chi connectivity index (χ0) is 13.2. The predicted octanol–water partition coefficient (Wildman–Crippen LogP) is 4.02. The smallest absolute Gasteiger partial charge is 0.255 e. The summed E-state index contributed by atoms with van der Waals surface area (Å²) in [6.07, 6.45) is 1.87. The highest BCUT2D eigenvalue weighted by Crippen LogP contribution is 2.22. The van der Waals surface area contributed by atoms with Gasteiger partial charge in [-0.2, -0.15) is 0 Å². The molecule has 94 valence electrons. The van der Waals surface area contributed by atoms with Crippen LogP contribution in [0.25, 0.3) is 10.9 Å². The number of halogens is 1. The zero-order valence-corrected chi connectivity index (χ0v) is 12.1. The normalized spacial score (nSPS) is 10.6. The third-order valence-corrected chi connectivity index (χ3v) is 3.67. The second kappa shape index (κ2) is 5.05. The lowest BCUT2D eigenvalue weighted by atomic mass is 10.2. The number of aromatic amines is 1. The average Bonchev–Trinajstić information content (AvgIpc) is 2.89. The van der Waals surface area contributed by atoms with Gasteiger partial charge in [0.25, 0.3) is 5.91 Å². The number of fused-ring (bicyclic) bond motifs is 1. The maximum Gasteiger partial charge on any atom is 0.255 e. The van der Waals surface area contributed by atoms with E-state index < -0.39 is 0 Å². The van der Waals surface area contributed by atoms with Crippen LogP contribution < -0.4 is 5.32 Å². The lowest BCUT2D eigenvalue weighted by Gasteiger charge is -2.06. The lowest BCUT2D eigenvalue weighted by molar-refractivity contribution is 0.102. The predicted molar refractivity (Wildman–Crippen MR) is 85.4 cm³/mol. The molecule has 0 aliphatic rings. The lowest BCUT2D eigenvalue weighted by Crippen LogP contribution is -2.11. The summed E-state index contributed by atoms with van der Waals surface area (Å²) in [7, 11) is 0. The second-order valence-corrected chi connectivity index (χ2v) is 5.45. The van der Waals surface area contributed by atoms with Crippen molar-refractivity contribution in [2.24, 2.45) is 0 Å². The molecule has 2 N–H and O–H groups in total. The Morgan fingerprint density at radius 1 is 1.05 bits per heavy atom. The number of hydrogen-bond donors (Lipinski definition) is 2. The third kappa shape index (κ3) is 2.49. The van der Waals surface area contributed by atoms with E-state index in [0.29, 0.717) is 5.56 Å². The number of carbonyl (C=O) groups is 1. The number of benzene rings is 2. The molecule has 1 heterocycles. The van der Waals surface area contributed by atoms with E-state index in [9.17, 15) is 4.79 Å². The molecule has 0 fully saturated rings. The Kier molecular flexibility index (Phi) is 3.25. The summed E-state index contributed by atoms with van der Waals surface area (Å²) in [4.78, 5) is 15.3. The van der Waals surface area contributed by atoms with Crippen LogP contribution in [0.15, 0.2) is 54.7 Å². The number of H-pyrrole nitrogens is 1. The molecule has 0 aliphatic heterocycles. The molecular weight excluding hydrogens is 351 g/mol. The summed E-state index contributed by atoms with van der Waals surface area (Å²) in [6.45, 7) is 0. The van der Waals surface area contributed by atoms with Crippen LogP contribution in [0.1, 0.15) is 10.4 Å². The van der Waals surface area contributed by atoms with Crippen molar-refractivity contribution in [3.63, 3.8) is 0 Å². The maximum absolute atomic E-state index is 12.2. The molecule has 0 spiro atoms. The molecule has 0 saturated heterocycles. The monoisotopic (exact) mass is 362 g/mol. The Labute approximate surface area is 124 Å². The second-order valence-electron chi connectivity index (χ2n) is 4.21. The van der Waals surface area contributed by atoms with Gasteiger partial charge in [-0.1, -0.05) is 6.07 Å². The Balaban J connectivity index is 1.90. The summed E-state index contributed by atoms with van der Waals surface area (Å²) in [5, 5.41) is 3.96. The van der Waals surface area contributed by atoms with Crippen molar-refractivity contribution >= 4 is 45.1 Å². The van der Waals surface area contributed by atoms with E-state index in [4.69, 9.17) is 0 Å². The summed E-state index contributed by atoms with van der Waals surface area (Å²) >= 11 is 2.22. The SMILES string of the molecule is O=C(Nc1cccc2[nH]ccc12)c1ccc(I)cc1. The molecule has 3 rings (SSSR count). The Hall–Kier alpha value is -1.82. The van der Waals surface area contributed by atoms with Gasteiger partial charge in [-0.15, -0.1) is 0 Å². The topological polar surface area (TPSA) is 44.9 Å². The fourth-order valence-electron chi connectivity index (χ4n) is 1.99. The molecular formula is C15H11IN2O. The molecule has 0 aliphatic carbocycles. The van der Waals surface area contributed by atoms with Crippen LogP contribution in [0.3, 0.4) is 0 Å².